The average molecular weight is 288 g/mol. The van der Waals surface area contributed by atoms with Gasteiger partial charge in [0.05, 0.1) is 0 Å². The van der Waals surface area contributed by atoms with Gasteiger partial charge in [0.2, 0.25) is 0 Å². The molecule has 1 aromatic carbocycles. The molecule has 0 spiro atoms. The molecule has 3 nitrogen and oxygen atoms in total. The number of amides is 1. The Balaban J connectivity index is 1.98. The Morgan fingerprint density at radius 1 is 1.16 bits per heavy atom. The highest BCUT2D eigenvalue weighted by atomic mass is 32.1. The summed E-state index contributed by atoms with van der Waals surface area (Å²) < 4.78 is 0. The molecule has 1 aromatic heterocycles. The minimum Gasteiger partial charge on any atom is -0.344 e. The van der Waals surface area contributed by atoms with Gasteiger partial charge in [-0.3, -0.25) is 4.79 Å². The van der Waals surface area contributed by atoms with Crippen molar-refractivity contribution in [2.45, 2.75) is 12.5 Å². The van der Waals surface area contributed by atoms with E-state index in [2.05, 4.69) is 22.8 Å². The smallest absolute Gasteiger partial charge is 0.257 e. The van der Waals surface area contributed by atoms with Gasteiger partial charge < -0.3 is 10.6 Å². The summed E-state index contributed by atoms with van der Waals surface area (Å²) in [5.74, 6) is -0.0982. The number of carbonyl (C=O) groups excluding carboxylic acids is 1. The molecule has 1 unspecified atom stereocenters. The third-order valence-corrected chi connectivity index (χ3v) is 4.76. The van der Waals surface area contributed by atoms with Gasteiger partial charge in [-0.2, -0.15) is 0 Å². The lowest BCUT2D eigenvalue weighted by Gasteiger charge is -2.18. The summed E-state index contributed by atoms with van der Waals surface area (Å²) in [5.41, 5.74) is 0.401. The van der Waals surface area contributed by atoms with Gasteiger partial charge in [0.1, 0.15) is 0 Å². The molecule has 2 aromatic rings. The summed E-state index contributed by atoms with van der Waals surface area (Å²) in [7, 11) is 0. The van der Waals surface area contributed by atoms with Crippen LogP contribution in [0.15, 0.2) is 42.5 Å². The maximum absolute atomic E-state index is 12.0. The van der Waals surface area contributed by atoms with Crippen molar-refractivity contribution in [1.29, 1.82) is 0 Å². The number of thiocarbonyl (C=S) groups is 1. The molecule has 1 aliphatic heterocycles. The predicted molar refractivity (Wildman–Crippen MR) is 81.0 cm³/mol. The Morgan fingerprint density at radius 2 is 1.89 bits per heavy atom. The topological polar surface area (TPSA) is 41.1 Å². The molecule has 1 amide bonds. The van der Waals surface area contributed by atoms with E-state index in [4.69, 9.17) is 12.2 Å². The molecule has 0 radical (unpaired) electrons. The zero-order valence-corrected chi connectivity index (χ0v) is 11.9. The van der Waals surface area contributed by atoms with Crippen molar-refractivity contribution >= 4 is 34.6 Å². The molecule has 0 saturated carbocycles. The van der Waals surface area contributed by atoms with E-state index in [9.17, 15) is 4.79 Å². The van der Waals surface area contributed by atoms with E-state index in [1.807, 2.05) is 37.3 Å². The van der Waals surface area contributed by atoms with Crippen LogP contribution in [0.3, 0.4) is 0 Å². The first-order valence-corrected chi connectivity index (χ1v) is 7.11. The molecule has 1 atom stereocenters. The number of hydrogen-bond donors (Lipinski definition) is 2. The summed E-state index contributed by atoms with van der Waals surface area (Å²) in [6.45, 7) is 1.85. The fourth-order valence-electron chi connectivity index (χ4n) is 2.08. The van der Waals surface area contributed by atoms with Gasteiger partial charge in [0, 0.05) is 9.75 Å². The standard InChI is InChI=1S/C14H12N2OS2/c1-14(12(17)15-13(18)16-14)11-8-7-10(19-11)9-5-3-2-4-6-9/h2-8H,1H3,(H2,15,16,17,18). The van der Waals surface area contributed by atoms with Crippen LogP contribution < -0.4 is 10.6 Å². The molecule has 96 valence electrons. The Labute approximate surface area is 120 Å². The number of hydrogen-bond acceptors (Lipinski definition) is 3. The van der Waals surface area contributed by atoms with Crippen LogP contribution in [0, 0.1) is 0 Å². The van der Waals surface area contributed by atoms with Crippen molar-refractivity contribution in [3.8, 4) is 10.4 Å². The fourth-order valence-corrected chi connectivity index (χ4v) is 3.49. The average Bonchev–Trinajstić information content (AvgIpc) is 2.97. The van der Waals surface area contributed by atoms with Crippen molar-refractivity contribution in [3.63, 3.8) is 0 Å². The highest BCUT2D eigenvalue weighted by molar-refractivity contribution is 7.80. The first kappa shape index (κ1) is 12.3. The Kier molecular flexibility index (Phi) is 2.88. The van der Waals surface area contributed by atoms with Crippen molar-refractivity contribution in [2.24, 2.45) is 0 Å². The van der Waals surface area contributed by atoms with Gasteiger partial charge in [-0.05, 0) is 36.8 Å². The number of nitrogens with one attached hydrogen (secondary N) is 2. The minimum atomic E-state index is -0.755. The second-order valence-corrected chi connectivity index (χ2v) is 6.06. The van der Waals surface area contributed by atoms with Gasteiger partial charge in [-0.25, -0.2) is 0 Å². The van der Waals surface area contributed by atoms with Crippen molar-refractivity contribution < 1.29 is 4.79 Å². The highest BCUT2D eigenvalue weighted by Gasteiger charge is 2.42. The summed E-state index contributed by atoms with van der Waals surface area (Å²) in [5, 5.41) is 6.08. The minimum absolute atomic E-state index is 0.0982. The number of benzene rings is 1. The summed E-state index contributed by atoms with van der Waals surface area (Å²) in [6.07, 6.45) is 0. The highest BCUT2D eigenvalue weighted by Crippen LogP contribution is 2.35. The predicted octanol–water partition coefficient (Wildman–Crippen LogP) is 2.63. The number of thiophene rings is 1. The van der Waals surface area contributed by atoms with Gasteiger partial charge >= 0.3 is 0 Å². The molecule has 2 N–H and O–H groups in total. The molecule has 1 aliphatic rings. The third-order valence-electron chi connectivity index (χ3n) is 3.20. The number of rotatable bonds is 2. The molecular formula is C14H12N2OS2. The van der Waals surface area contributed by atoms with Crippen LogP contribution in [-0.4, -0.2) is 11.0 Å². The van der Waals surface area contributed by atoms with Crippen LogP contribution in [-0.2, 0) is 10.3 Å². The molecule has 1 fully saturated rings. The van der Waals surface area contributed by atoms with Crippen molar-refractivity contribution in [1.82, 2.24) is 10.6 Å². The van der Waals surface area contributed by atoms with Gasteiger partial charge in [0.15, 0.2) is 10.7 Å². The lowest BCUT2D eigenvalue weighted by molar-refractivity contribution is -0.123. The van der Waals surface area contributed by atoms with Gasteiger partial charge in [-0.15, -0.1) is 11.3 Å². The van der Waals surface area contributed by atoms with Gasteiger partial charge in [-0.1, -0.05) is 30.3 Å². The van der Waals surface area contributed by atoms with Crippen LogP contribution in [0.2, 0.25) is 0 Å². The van der Waals surface area contributed by atoms with Crippen LogP contribution in [0.25, 0.3) is 10.4 Å². The summed E-state index contributed by atoms with van der Waals surface area (Å²) in [6, 6.07) is 14.1. The van der Waals surface area contributed by atoms with E-state index >= 15 is 0 Å². The molecule has 2 heterocycles. The Hall–Kier alpha value is -1.72. The van der Waals surface area contributed by atoms with E-state index in [1.54, 1.807) is 11.3 Å². The lowest BCUT2D eigenvalue weighted by atomic mass is 10.0. The van der Waals surface area contributed by atoms with E-state index in [-0.39, 0.29) is 5.91 Å². The first-order chi connectivity index (χ1) is 9.09. The molecular weight excluding hydrogens is 276 g/mol. The summed E-state index contributed by atoms with van der Waals surface area (Å²) in [4.78, 5) is 14.1. The van der Waals surface area contributed by atoms with Crippen LogP contribution in [0.5, 0.6) is 0 Å². The van der Waals surface area contributed by atoms with Crippen molar-refractivity contribution in [3.05, 3.63) is 47.3 Å². The van der Waals surface area contributed by atoms with Crippen LogP contribution in [0.4, 0.5) is 0 Å². The maximum Gasteiger partial charge on any atom is 0.257 e. The molecule has 0 aliphatic carbocycles. The van der Waals surface area contributed by atoms with E-state index in [0.717, 1.165) is 15.3 Å². The van der Waals surface area contributed by atoms with E-state index < -0.39 is 5.54 Å². The van der Waals surface area contributed by atoms with E-state index in [1.165, 1.54) is 0 Å². The van der Waals surface area contributed by atoms with Crippen LogP contribution >= 0.6 is 23.6 Å². The summed E-state index contributed by atoms with van der Waals surface area (Å²) >= 11 is 6.61. The molecule has 0 bridgehead atoms. The van der Waals surface area contributed by atoms with E-state index in [0.29, 0.717) is 5.11 Å². The number of carbonyl (C=O) groups is 1. The lowest BCUT2D eigenvalue weighted by Crippen LogP contribution is -2.39. The Morgan fingerprint density at radius 3 is 2.53 bits per heavy atom. The van der Waals surface area contributed by atoms with Gasteiger partial charge in [0.25, 0.3) is 5.91 Å². The second-order valence-electron chi connectivity index (χ2n) is 4.56. The zero-order chi connectivity index (χ0) is 13.5. The van der Waals surface area contributed by atoms with Crippen LogP contribution in [0.1, 0.15) is 11.8 Å². The first-order valence-electron chi connectivity index (χ1n) is 5.89. The normalized spacial score (nSPS) is 22.2. The largest absolute Gasteiger partial charge is 0.344 e. The molecule has 1 saturated heterocycles. The Bertz CT molecular complexity index is 650. The van der Waals surface area contributed by atoms with Crippen molar-refractivity contribution in [2.75, 3.05) is 0 Å². The quantitative estimate of drug-likeness (QED) is 0.835. The zero-order valence-electron chi connectivity index (χ0n) is 10.3. The second kappa shape index (κ2) is 4.43. The maximum atomic E-state index is 12.0. The molecule has 5 heteroatoms. The SMILES string of the molecule is CC1(c2ccc(-c3ccccc3)s2)NC(=S)NC1=O. The molecule has 3 rings (SSSR count). The third kappa shape index (κ3) is 2.05. The fraction of sp³-hybridized carbons (Fsp3) is 0.143. The molecule has 19 heavy (non-hydrogen) atoms. The monoisotopic (exact) mass is 288 g/mol.